The third-order valence-corrected chi connectivity index (χ3v) is 6.58. The summed E-state index contributed by atoms with van der Waals surface area (Å²) in [6.45, 7) is 4.61. The van der Waals surface area contributed by atoms with Crippen LogP contribution in [0, 0.1) is 5.41 Å². The summed E-state index contributed by atoms with van der Waals surface area (Å²) in [6, 6.07) is 21.3. The van der Waals surface area contributed by atoms with Crippen LogP contribution >= 0.6 is 23.8 Å². The molecule has 0 saturated heterocycles. The van der Waals surface area contributed by atoms with E-state index in [-0.39, 0.29) is 11.3 Å². The van der Waals surface area contributed by atoms with Gasteiger partial charge in [-0.25, -0.2) is 0 Å². The van der Waals surface area contributed by atoms with Crippen LogP contribution in [0.3, 0.4) is 0 Å². The topological polar surface area (TPSA) is 12.0 Å². The fourth-order valence-corrected chi connectivity index (χ4v) is 5.52. The van der Waals surface area contributed by atoms with Gasteiger partial charge in [-0.2, -0.15) is 0 Å². The summed E-state index contributed by atoms with van der Waals surface area (Å²) in [4.78, 5) is 1.08. The maximum absolute atomic E-state index is 6.18. The van der Waals surface area contributed by atoms with Crippen LogP contribution in [0.1, 0.15) is 43.7 Å². The van der Waals surface area contributed by atoms with Crippen molar-refractivity contribution in [3.05, 3.63) is 88.1 Å². The van der Waals surface area contributed by atoms with Crippen molar-refractivity contribution in [3.8, 4) is 0 Å². The molecular weight excluding hydrogens is 382 g/mol. The molecule has 1 N–H and O–H groups in total. The number of hydrogen-bond donors (Lipinski definition) is 1. The Morgan fingerprint density at radius 1 is 0.964 bits per heavy atom. The summed E-state index contributed by atoms with van der Waals surface area (Å²) >= 11 is 12.1. The molecule has 5 rings (SSSR count). The second-order valence-electron chi connectivity index (χ2n) is 8.69. The Balaban J connectivity index is 1.79. The van der Waals surface area contributed by atoms with Gasteiger partial charge in [-0.1, -0.05) is 86.2 Å². The number of halogens is 1. The fraction of sp³-hybridized carbons (Fsp3) is 0.240. The van der Waals surface area contributed by atoms with Crippen molar-refractivity contribution in [2.75, 3.05) is 5.32 Å². The Morgan fingerprint density at radius 3 is 2.50 bits per heavy atom. The van der Waals surface area contributed by atoms with Gasteiger partial charge in [0.05, 0.1) is 5.69 Å². The zero-order valence-corrected chi connectivity index (χ0v) is 17.6. The molecule has 0 amide bonds. The largest absolute Gasteiger partial charge is 0.358 e. The van der Waals surface area contributed by atoms with Crippen LogP contribution < -0.4 is 5.32 Å². The highest BCUT2D eigenvalue weighted by Crippen LogP contribution is 2.50. The summed E-state index contributed by atoms with van der Waals surface area (Å²) < 4.78 is 0. The smallest absolute Gasteiger partial charge is 0.0503 e. The second kappa shape index (κ2) is 6.43. The van der Waals surface area contributed by atoms with Gasteiger partial charge in [0.2, 0.25) is 0 Å². The standard InChI is InChI=1S/C25H22ClNS/c1-25(2)13-20-23(21(28)14-25)22(16-7-10-17(26)11-8-16)19-12-9-15-5-3-4-6-18(15)24(19)27-20/h3-12,22,27H,13-14H2,1-2H3. The SMILES string of the molecule is CC1(C)CC(=S)C2=C(C1)Nc1c(ccc3ccccc13)C2c1ccc(Cl)cc1. The molecule has 0 radical (unpaired) electrons. The Kier molecular flexibility index (Phi) is 4.12. The quantitative estimate of drug-likeness (QED) is 0.422. The molecule has 0 spiro atoms. The molecule has 1 atom stereocenters. The molecule has 28 heavy (non-hydrogen) atoms. The molecule has 1 aliphatic heterocycles. The first-order valence-electron chi connectivity index (χ1n) is 9.73. The van der Waals surface area contributed by atoms with E-state index in [0.29, 0.717) is 0 Å². The molecule has 140 valence electrons. The van der Waals surface area contributed by atoms with Gasteiger partial charge in [0.25, 0.3) is 0 Å². The lowest BCUT2D eigenvalue weighted by Crippen LogP contribution is -2.33. The minimum absolute atomic E-state index is 0.150. The molecular formula is C25H22ClNS. The molecule has 2 aliphatic rings. The van der Waals surface area contributed by atoms with Gasteiger partial charge in [0, 0.05) is 26.9 Å². The van der Waals surface area contributed by atoms with Crippen LogP contribution in [-0.4, -0.2) is 4.86 Å². The summed E-state index contributed by atoms with van der Waals surface area (Å²) in [5.41, 5.74) is 6.51. The van der Waals surface area contributed by atoms with E-state index in [1.165, 1.54) is 38.9 Å². The maximum Gasteiger partial charge on any atom is 0.0503 e. The van der Waals surface area contributed by atoms with Crippen LogP contribution in [0.4, 0.5) is 5.69 Å². The lowest BCUT2D eigenvalue weighted by molar-refractivity contribution is 0.371. The van der Waals surface area contributed by atoms with E-state index < -0.39 is 0 Å². The number of rotatable bonds is 1. The van der Waals surface area contributed by atoms with E-state index in [4.69, 9.17) is 23.8 Å². The van der Waals surface area contributed by atoms with Crippen molar-refractivity contribution in [1.82, 2.24) is 0 Å². The second-order valence-corrected chi connectivity index (χ2v) is 9.62. The van der Waals surface area contributed by atoms with E-state index in [9.17, 15) is 0 Å². The van der Waals surface area contributed by atoms with Gasteiger partial charge < -0.3 is 5.32 Å². The average Bonchev–Trinajstić information content (AvgIpc) is 2.66. The summed E-state index contributed by atoms with van der Waals surface area (Å²) in [7, 11) is 0. The van der Waals surface area contributed by atoms with Crippen molar-refractivity contribution in [3.63, 3.8) is 0 Å². The Labute approximate surface area is 176 Å². The molecule has 3 aromatic carbocycles. The van der Waals surface area contributed by atoms with Gasteiger partial charge >= 0.3 is 0 Å². The zero-order valence-electron chi connectivity index (χ0n) is 16.1. The minimum Gasteiger partial charge on any atom is -0.358 e. The fourth-order valence-electron chi connectivity index (χ4n) is 4.76. The highest BCUT2D eigenvalue weighted by Gasteiger charge is 2.39. The third kappa shape index (κ3) is 2.87. The van der Waals surface area contributed by atoms with Crippen LogP contribution in [0.25, 0.3) is 10.8 Å². The Morgan fingerprint density at radius 2 is 1.71 bits per heavy atom. The number of fused-ring (bicyclic) bond motifs is 3. The van der Waals surface area contributed by atoms with Crippen LogP contribution in [-0.2, 0) is 0 Å². The molecule has 0 saturated carbocycles. The lowest BCUT2D eigenvalue weighted by Gasteiger charge is -2.41. The number of nitrogens with one attached hydrogen (secondary N) is 1. The highest BCUT2D eigenvalue weighted by atomic mass is 35.5. The third-order valence-electron chi connectivity index (χ3n) is 5.96. The predicted molar refractivity (Wildman–Crippen MR) is 124 cm³/mol. The zero-order chi connectivity index (χ0) is 19.5. The molecule has 1 nitrogen and oxygen atoms in total. The molecule has 3 heteroatoms. The first-order chi connectivity index (χ1) is 13.4. The summed E-state index contributed by atoms with van der Waals surface area (Å²) in [5.74, 6) is 0.150. The lowest BCUT2D eigenvalue weighted by atomic mass is 9.69. The average molecular weight is 404 g/mol. The summed E-state index contributed by atoms with van der Waals surface area (Å²) in [5, 5.41) is 7.09. The van der Waals surface area contributed by atoms with Crippen molar-refractivity contribution in [2.45, 2.75) is 32.6 Å². The number of allylic oxidation sites excluding steroid dienone is 2. The molecule has 3 aromatic rings. The molecule has 0 fully saturated rings. The van der Waals surface area contributed by atoms with Gasteiger partial charge in [-0.15, -0.1) is 0 Å². The molecule has 1 heterocycles. The van der Waals surface area contributed by atoms with Crippen LogP contribution in [0.2, 0.25) is 5.02 Å². The molecule has 0 bridgehead atoms. The van der Waals surface area contributed by atoms with Crippen LogP contribution in [0.15, 0.2) is 71.9 Å². The monoisotopic (exact) mass is 403 g/mol. The maximum atomic E-state index is 6.18. The number of anilines is 1. The van der Waals surface area contributed by atoms with Gasteiger partial charge in [0.15, 0.2) is 0 Å². The first kappa shape index (κ1) is 17.9. The summed E-state index contributed by atoms with van der Waals surface area (Å²) in [6.07, 6.45) is 1.96. The van der Waals surface area contributed by atoms with Crippen molar-refractivity contribution in [2.24, 2.45) is 5.41 Å². The van der Waals surface area contributed by atoms with E-state index in [2.05, 4.69) is 67.7 Å². The van der Waals surface area contributed by atoms with Crippen molar-refractivity contribution in [1.29, 1.82) is 0 Å². The highest BCUT2D eigenvalue weighted by molar-refractivity contribution is 7.80. The van der Waals surface area contributed by atoms with Gasteiger partial charge in [-0.3, -0.25) is 0 Å². The molecule has 1 unspecified atom stereocenters. The van der Waals surface area contributed by atoms with E-state index in [1.54, 1.807) is 0 Å². The van der Waals surface area contributed by atoms with Crippen LogP contribution in [0.5, 0.6) is 0 Å². The first-order valence-corrected chi connectivity index (χ1v) is 10.5. The number of benzene rings is 3. The van der Waals surface area contributed by atoms with Gasteiger partial charge in [-0.05, 0) is 52.5 Å². The van der Waals surface area contributed by atoms with E-state index >= 15 is 0 Å². The Bertz CT molecular complexity index is 1140. The molecule has 0 aromatic heterocycles. The van der Waals surface area contributed by atoms with Crippen molar-refractivity contribution < 1.29 is 0 Å². The predicted octanol–water partition coefficient (Wildman–Crippen LogP) is 7.49. The minimum atomic E-state index is 0.150. The Hall–Kier alpha value is -2.16. The number of hydrogen-bond acceptors (Lipinski definition) is 2. The van der Waals surface area contributed by atoms with E-state index in [0.717, 1.165) is 22.7 Å². The van der Waals surface area contributed by atoms with Crippen molar-refractivity contribution >= 4 is 45.1 Å². The number of thiocarbonyl (C=S) groups is 1. The van der Waals surface area contributed by atoms with Gasteiger partial charge in [0.1, 0.15) is 0 Å². The van der Waals surface area contributed by atoms with E-state index in [1.807, 2.05) is 12.1 Å². The molecule has 1 aliphatic carbocycles. The normalized spacial score (nSPS) is 20.5.